The number of hydrogen-bond donors (Lipinski definition) is 0. The Bertz CT molecular complexity index is 617. The molecular formula is C20H20O. The highest BCUT2D eigenvalue weighted by atomic mass is 16.5. The summed E-state index contributed by atoms with van der Waals surface area (Å²) in [6.07, 6.45) is 6.43. The summed E-state index contributed by atoms with van der Waals surface area (Å²) in [6.45, 7) is 4.21. The molecule has 0 aliphatic rings. The van der Waals surface area contributed by atoms with E-state index in [2.05, 4.69) is 50.1 Å². The number of benzene rings is 2. The van der Waals surface area contributed by atoms with Gasteiger partial charge >= 0.3 is 0 Å². The van der Waals surface area contributed by atoms with Gasteiger partial charge in [0.05, 0.1) is 0 Å². The molecule has 0 radical (unpaired) electrons. The van der Waals surface area contributed by atoms with Crippen molar-refractivity contribution in [2.75, 3.05) is 0 Å². The minimum absolute atomic E-state index is 0.172. The number of hydrogen-bond acceptors (Lipinski definition) is 1. The van der Waals surface area contributed by atoms with E-state index in [4.69, 9.17) is 4.74 Å². The molecular weight excluding hydrogens is 256 g/mol. The molecule has 0 spiro atoms. The highest BCUT2D eigenvalue weighted by Crippen LogP contribution is 2.15. The molecule has 0 N–H and O–H groups in total. The Morgan fingerprint density at radius 1 is 0.857 bits per heavy atom. The quantitative estimate of drug-likeness (QED) is 0.558. The summed E-state index contributed by atoms with van der Waals surface area (Å²) < 4.78 is 5.28. The maximum atomic E-state index is 5.28. The van der Waals surface area contributed by atoms with Crippen LogP contribution in [0.1, 0.15) is 36.8 Å². The molecule has 0 aromatic heterocycles. The summed E-state index contributed by atoms with van der Waals surface area (Å²) in [6, 6.07) is 20.5. The van der Waals surface area contributed by atoms with E-state index in [-0.39, 0.29) is 5.92 Å². The fraction of sp³-hybridized carbons (Fsp3) is 0.200. The Kier molecular flexibility index (Phi) is 5.67. The molecule has 2 aromatic carbocycles. The van der Waals surface area contributed by atoms with Crippen LogP contribution in [0.25, 0.3) is 0 Å². The average molecular weight is 276 g/mol. The van der Waals surface area contributed by atoms with Crippen LogP contribution in [0, 0.1) is 12.0 Å². The van der Waals surface area contributed by atoms with Crippen LogP contribution in [-0.2, 0) is 4.74 Å². The normalized spacial score (nSPS) is 13.2. The van der Waals surface area contributed by atoms with Crippen LogP contribution in [0.2, 0.25) is 0 Å². The molecule has 0 saturated carbocycles. The van der Waals surface area contributed by atoms with Gasteiger partial charge in [0.2, 0.25) is 0 Å². The van der Waals surface area contributed by atoms with Crippen LogP contribution in [0.3, 0.4) is 0 Å². The molecule has 106 valence electrons. The zero-order chi connectivity index (χ0) is 14.9. The fourth-order valence-electron chi connectivity index (χ4n) is 2.01. The summed E-state index contributed by atoms with van der Waals surface area (Å²) >= 11 is 0. The predicted octanol–water partition coefficient (Wildman–Crippen LogP) is 5.09. The van der Waals surface area contributed by atoms with E-state index < -0.39 is 0 Å². The van der Waals surface area contributed by atoms with E-state index >= 15 is 0 Å². The van der Waals surface area contributed by atoms with Gasteiger partial charge in [0.1, 0.15) is 12.4 Å². The highest BCUT2D eigenvalue weighted by molar-refractivity contribution is 5.26. The van der Waals surface area contributed by atoms with E-state index in [0.717, 1.165) is 0 Å². The molecule has 0 saturated heterocycles. The van der Waals surface area contributed by atoms with Gasteiger partial charge in [-0.1, -0.05) is 73.5 Å². The van der Waals surface area contributed by atoms with Gasteiger partial charge in [0.15, 0.2) is 0 Å². The third-order valence-electron chi connectivity index (χ3n) is 3.39. The molecule has 0 amide bonds. The lowest BCUT2D eigenvalue weighted by molar-refractivity contribution is 0.435. The second-order valence-electron chi connectivity index (χ2n) is 5.02. The van der Waals surface area contributed by atoms with Crippen LogP contribution < -0.4 is 0 Å². The lowest BCUT2D eigenvalue weighted by atomic mass is 10.0. The molecule has 0 aliphatic heterocycles. The zero-order valence-corrected chi connectivity index (χ0v) is 12.5. The van der Waals surface area contributed by atoms with Crippen molar-refractivity contribution in [2.45, 2.75) is 25.7 Å². The smallest absolute Gasteiger partial charge is 0.116 e. The van der Waals surface area contributed by atoms with Gasteiger partial charge in [0, 0.05) is 11.8 Å². The van der Waals surface area contributed by atoms with Crippen molar-refractivity contribution < 1.29 is 4.74 Å². The van der Waals surface area contributed by atoms with E-state index in [1.54, 1.807) is 6.26 Å². The summed E-state index contributed by atoms with van der Waals surface area (Å²) in [7, 11) is 0. The van der Waals surface area contributed by atoms with Gasteiger partial charge in [-0.15, -0.1) is 0 Å². The lowest BCUT2D eigenvalue weighted by Gasteiger charge is -2.04. The molecule has 2 rings (SSSR count). The maximum Gasteiger partial charge on any atom is 0.116 e. The minimum atomic E-state index is 0.172. The van der Waals surface area contributed by atoms with Gasteiger partial charge in [-0.3, -0.25) is 0 Å². The number of ether oxygens (including phenoxy) is 1. The van der Waals surface area contributed by atoms with Crippen molar-refractivity contribution in [3.8, 4) is 12.0 Å². The van der Waals surface area contributed by atoms with Gasteiger partial charge in [-0.25, -0.2) is 0 Å². The van der Waals surface area contributed by atoms with E-state index in [1.807, 2.05) is 42.5 Å². The van der Waals surface area contributed by atoms with Crippen molar-refractivity contribution in [1.29, 1.82) is 0 Å². The van der Waals surface area contributed by atoms with E-state index in [1.165, 1.54) is 11.1 Å². The first-order valence-corrected chi connectivity index (χ1v) is 7.20. The fourth-order valence-corrected chi connectivity index (χ4v) is 2.01. The molecule has 1 nitrogen and oxygen atoms in total. The van der Waals surface area contributed by atoms with Crippen molar-refractivity contribution >= 4 is 0 Å². The van der Waals surface area contributed by atoms with E-state index in [0.29, 0.717) is 5.92 Å². The van der Waals surface area contributed by atoms with Gasteiger partial charge < -0.3 is 4.74 Å². The molecule has 2 unspecified atom stereocenters. The predicted molar refractivity (Wildman–Crippen MR) is 87.7 cm³/mol. The monoisotopic (exact) mass is 276 g/mol. The van der Waals surface area contributed by atoms with Crippen LogP contribution in [0.4, 0.5) is 0 Å². The van der Waals surface area contributed by atoms with Crippen LogP contribution in [-0.4, -0.2) is 0 Å². The van der Waals surface area contributed by atoms with Gasteiger partial charge in [0.25, 0.3) is 0 Å². The average Bonchev–Trinajstić information content (AvgIpc) is 2.55. The van der Waals surface area contributed by atoms with Gasteiger partial charge in [-0.2, -0.15) is 0 Å². The molecule has 2 atom stereocenters. The van der Waals surface area contributed by atoms with E-state index in [9.17, 15) is 0 Å². The topological polar surface area (TPSA) is 9.23 Å². The first-order chi connectivity index (χ1) is 10.3. The summed E-state index contributed by atoms with van der Waals surface area (Å²) in [5.41, 5.74) is 2.47. The van der Waals surface area contributed by atoms with Crippen molar-refractivity contribution in [3.05, 3.63) is 84.1 Å². The number of allylic oxidation sites excluding steroid dienone is 1. The Morgan fingerprint density at radius 2 is 1.43 bits per heavy atom. The summed E-state index contributed by atoms with van der Waals surface area (Å²) in [4.78, 5) is 0. The summed E-state index contributed by atoms with van der Waals surface area (Å²) in [5.74, 6) is 3.58. The second-order valence-corrected chi connectivity index (χ2v) is 5.02. The first-order valence-electron chi connectivity index (χ1n) is 7.20. The van der Waals surface area contributed by atoms with Crippen molar-refractivity contribution in [3.63, 3.8) is 0 Å². The molecule has 0 fully saturated rings. The van der Waals surface area contributed by atoms with Crippen molar-refractivity contribution in [1.82, 2.24) is 0 Å². The Labute approximate surface area is 127 Å². The third-order valence-corrected chi connectivity index (χ3v) is 3.39. The highest BCUT2D eigenvalue weighted by Gasteiger charge is 2.00. The molecule has 0 bridgehead atoms. The lowest BCUT2D eigenvalue weighted by Crippen LogP contribution is -1.89. The van der Waals surface area contributed by atoms with Crippen LogP contribution in [0.15, 0.2) is 73.0 Å². The Balaban J connectivity index is 1.85. The maximum absolute atomic E-state index is 5.28. The Morgan fingerprint density at radius 3 is 2.05 bits per heavy atom. The molecule has 2 aromatic rings. The summed E-state index contributed by atoms with van der Waals surface area (Å²) in [5, 5.41) is 0. The van der Waals surface area contributed by atoms with Crippen LogP contribution >= 0.6 is 0 Å². The Hall–Kier alpha value is -2.46. The first kappa shape index (κ1) is 14.9. The molecule has 21 heavy (non-hydrogen) atoms. The largest absolute Gasteiger partial charge is 0.416 e. The van der Waals surface area contributed by atoms with Gasteiger partial charge in [-0.05, 0) is 24.1 Å². The zero-order valence-electron chi connectivity index (χ0n) is 12.5. The molecule has 0 aliphatic carbocycles. The third kappa shape index (κ3) is 4.85. The van der Waals surface area contributed by atoms with Crippen molar-refractivity contribution in [2.24, 2.45) is 0 Å². The second kappa shape index (κ2) is 7.97. The molecule has 0 heterocycles. The molecule has 1 heteroatoms. The number of rotatable bonds is 4. The van der Waals surface area contributed by atoms with Crippen LogP contribution in [0.5, 0.6) is 0 Å². The SMILES string of the molecule is CC(C#CO/C=C/C(C)c1ccccc1)c1ccccc1. The minimum Gasteiger partial charge on any atom is -0.416 e. The standard InChI is InChI=1S/C20H20O/c1-17(19-9-5-3-6-10-19)13-15-21-16-14-18(2)20-11-7-4-8-12-20/h3-13,15,17-18H,1-2H3/b15-13+.